The highest BCUT2D eigenvalue weighted by Crippen LogP contribution is 2.24. The van der Waals surface area contributed by atoms with Gasteiger partial charge in [0, 0.05) is 23.6 Å². The van der Waals surface area contributed by atoms with Crippen molar-refractivity contribution in [1.82, 2.24) is 9.78 Å². The first-order valence-corrected chi connectivity index (χ1v) is 9.89. The van der Waals surface area contributed by atoms with E-state index in [2.05, 4.69) is 10.4 Å². The molecule has 5 nitrogen and oxygen atoms in total. The van der Waals surface area contributed by atoms with Crippen LogP contribution in [0.1, 0.15) is 21.5 Å². The summed E-state index contributed by atoms with van der Waals surface area (Å²) < 4.78 is 7.61. The lowest BCUT2D eigenvalue weighted by atomic mass is 10.1. The Morgan fingerprint density at radius 2 is 1.80 bits per heavy atom. The lowest BCUT2D eigenvalue weighted by molar-refractivity contribution is 0.102. The number of nitrogens with one attached hydrogen (secondary N) is 1. The van der Waals surface area contributed by atoms with Gasteiger partial charge < -0.3 is 10.1 Å². The molecular weight excluding hydrogens is 398 g/mol. The molecular formula is C24H20ClN3O2. The average molecular weight is 418 g/mol. The molecule has 4 aromatic rings. The minimum atomic E-state index is -0.172. The van der Waals surface area contributed by atoms with E-state index in [1.165, 1.54) is 0 Å². The molecule has 0 fully saturated rings. The van der Waals surface area contributed by atoms with Crippen LogP contribution in [0.3, 0.4) is 0 Å². The Bertz CT molecular complexity index is 1130. The zero-order chi connectivity index (χ0) is 20.8. The summed E-state index contributed by atoms with van der Waals surface area (Å²) in [7, 11) is 0. The van der Waals surface area contributed by atoms with Gasteiger partial charge in [0.2, 0.25) is 0 Å². The first kappa shape index (κ1) is 19.7. The molecule has 0 aliphatic carbocycles. The molecule has 4 rings (SSSR count). The lowest BCUT2D eigenvalue weighted by Gasteiger charge is -2.10. The molecule has 0 spiro atoms. The second-order valence-corrected chi connectivity index (χ2v) is 7.18. The lowest BCUT2D eigenvalue weighted by Crippen LogP contribution is -2.12. The normalized spacial score (nSPS) is 10.6. The number of amides is 1. The van der Waals surface area contributed by atoms with Crippen LogP contribution in [0.2, 0.25) is 5.02 Å². The fourth-order valence-corrected chi connectivity index (χ4v) is 3.19. The van der Waals surface area contributed by atoms with Crippen LogP contribution in [-0.4, -0.2) is 15.7 Å². The maximum absolute atomic E-state index is 12.6. The molecule has 0 aliphatic rings. The molecule has 0 atom stereocenters. The Morgan fingerprint density at radius 3 is 2.57 bits per heavy atom. The zero-order valence-electron chi connectivity index (χ0n) is 16.2. The quantitative estimate of drug-likeness (QED) is 0.437. The zero-order valence-corrected chi connectivity index (χ0v) is 16.9. The van der Waals surface area contributed by atoms with Crippen molar-refractivity contribution < 1.29 is 9.53 Å². The maximum atomic E-state index is 12.6. The number of benzene rings is 3. The standard InChI is InChI=1S/C24H20ClN3O2/c25-22-7-1-2-8-23(22)30-17-19-5-3-6-20(15-19)24(29)27-21-11-9-18(10-12-21)16-28-14-4-13-26-28/h1-15H,16-17H2,(H,27,29). The van der Waals surface area contributed by atoms with Crippen LogP contribution >= 0.6 is 11.6 Å². The van der Waals surface area contributed by atoms with E-state index in [1.807, 2.05) is 77.6 Å². The molecule has 0 unspecified atom stereocenters. The van der Waals surface area contributed by atoms with E-state index < -0.39 is 0 Å². The summed E-state index contributed by atoms with van der Waals surface area (Å²) >= 11 is 6.12. The summed E-state index contributed by atoms with van der Waals surface area (Å²) in [5, 5.41) is 7.69. The monoisotopic (exact) mass is 417 g/mol. The number of aromatic nitrogens is 2. The fourth-order valence-electron chi connectivity index (χ4n) is 3.00. The summed E-state index contributed by atoms with van der Waals surface area (Å²) in [6, 6.07) is 24.3. The first-order valence-electron chi connectivity index (χ1n) is 9.51. The SMILES string of the molecule is O=C(Nc1ccc(Cn2cccn2)cc1)c1cccc(COc2ccccc2Cl)c1. The van der Waals surface area contributed by atoms with Gasteiger partial charge >= 0.3 is 0 Å². The van der Waals surface area contributed by atoms with Gasteiger partial charge in [-0.15, -0.1) is 0 Å². The van der Waals surface area contributed by atoms with Crippen molar-refractivity contribution in [2.45, 2.75) is 13.2 Å². The number of nitrogens with zero attached hydrogens (tertiary/aromatic N) is 2. The van der Waals surface area contributed by atoms with Crippen LogP contribution in [0.25, 0.3) is 0 Å². The van der Waals surface area contributed by atoms with Crippen LogP contribution in [0.5, 0.6) is 5.75 Å². The minimum absolute atomic E-state index is 0.172. The van der Waals surface area contributed by atoms with Gasteiger partial charge in [-0.05, 0) is 53.6 Å². The molecule has 1 aromatic heterocycles. The Morgan fingerprint density at radius 1 is 0.967 bits per heavy atom. The summed E-state index contributed by atoms with van der Waals surface area (Å²) in [5.41, 5.74) is 3.30. The molecule has 1 amide bonds. The van der Waals surface area contributed by atoms with Crippen LogP contribution in [0, 0.1) is 0 Å². The van der Waals surface area contributed by atoms with Crippen molar-refractivity contribution in [1.29, 1.82) is 0 Å². The second-order valence-electron chi connectivity index (χ2n) is 6.77. The highest BCUT2D eigenvalue weighted by molar-refractivity contribution is 6.32. The molecule has 0 aliphatic heterocycles. The maximum Gasteiger partial charge on any atom is 0.255 e. The van der Waals surface area contributed by atoms with Gasteiger partial charge in [0.05, 0.1) is 11.6 Å². The van der Waals surface area contributed by atoms with Crippen molar-refractivity contribution in [3.8, 4) is 5.75 Å². The third kappa shape index (κ3) is 5.07. The predicted molar refractivity (Wildman–Crippen MR) is 118 cm³/mol. The number of anilines is 1. The van der Waals surface area contributed by atoms with Gasteiger partial charge in [0.15, 0.2) is 0 Å². The number of para-hydroxylation sites is 1. The summed E-state index contributed by atoms with van der Waals surface area (Å²) in [5.74, 6) is 0.443. The number of ether oxygens (including phenoxy) is 1. The van der Waals surface area contributed by atoms with E-state index in [0.717, 1.165) is 16.8 Å². The number of hydrogen-bond acceptors (Lipinski definition) is 3. The van der Waals surface area contributed by atoms with Crippen LogP contribution in [-0.2, 0) is 13.2 Å². The van der Waals surface area contributed by atoms with Gasteiger partial charge in [-0.25, -0.2) is 0 Å². The predicted octanol–water partition coefficient (Wildman–Crippen LogP) is 5.42. The molecule has 0 saturated carbocycles. The molecule has 0 radical (unpaired) electrons. The van der Waals surface area contributed by atoms with Gasteiger partial charge in [0.1, 0.15) is 12.4 Å². The molecule has 3 aromatic carbocycles. The Hall–Kier alpha value is -3.57. The number of hydrogen-bond donors (Lipinski definition) is 1. The van der Waals surface area contributed by atoms with Crippen molar-refractivity contribution in [3.05, 3.63) is 113 Å². The first-order chi connectivity index (χ1) is 14.7. The average Bonchev–Trinajstić information content (AvgIpc) is 3.28. The van der Waals surface area contributed by atoms with E-state index in [1.54, 1.807) is 18.3 Å². The molecule has 1 heterocycles. The minimum Gasteiger partial charge on any atom is -0.487 e. The molecule has 6 heteroatoms. The van der Waals surface area contributed by atoms with E-state index in [-0.39, 0.29) is 5.91 Å². The van der Waals surface area contributed by atoms with Crippen molar-refractivity contribution in [2.75, 3.05) is 5.32 Å². The molecule has 1 N–H and O–H groups in total. The van der Waals surface area contributed by atoms with E-state index in [4.69, 9.17) is 16.3 Å². The van der Waals surface area contributed by atoms with Crippen LogP contribution in [0.4, 0.5) is 5.69 Å². The van der Waals surface area contributed by atoms with Gasteiger partial charge in [-0.2, -0.15) is 5.10 Å². The van der Waals surface area contributed by atoms with E-state index in [0.29, 0.717) is 29.5 Å². The van der Waals surface area contributed by atoms with Crippen LogP contribution < -0.4 is 10.1 Å². The van der Waals surface area contributed by atoms with Gasteiger partial charge in [0.25, 0.3) is 5.91 Å². The molecule has 30 heavy (non-hydrogen) atoms. The van der Waals surface area contributed by atoms with E-state index >= 15 is 0 Å². The summed E-state index contributed by atoms with van der Waals surface area (Å²) in [4.78, 5) is 12.6. The second kappa shape index (κ2) is 9.29. The fraction of sp³-hybridized carbons (Fsp3) is 0.0833. The number of rotatable bonds is 7. The molecule has 150 valence electrons. The highest BCUT2D eigenvalue weighted by Gasteiger charge is 2.08. The van der Waals surface area contributed by atoms with Crippen molar-refractivity contribution in [3.63, 3.8) is 0 Å². The summed E-state index contributed by atoms with van der Waals surface area (Å²) in [6.07, 6.45) is 3.67. The van der Waals surface area contributed by atoms with Gasteiger partial charge in [-0.3, -0.25) is 9.48 Å². The topological polar surface area (TPSA) is 56.2 Å². The third-order valence-corrected chi connectivity index (χ3v) is 4.85. The van der Waals surface area contributed by atoms with Crippen LogP contribution in [0.15, 0.2) is 91.3 Å². The Kier molecular flexibility index (Phi) is 6.11. The number of carbonyl (C=O) groups is 1. The Labute approximate surface area is 179 Å². The number of carbonyl (C=O) groups excluding carboxylic acids is 1. The molecule has 0 saturated heterocycles. The van der Waals surface area contributed by atoms with E-state index in [9.17, 15) is 4.79 Å². The van der Waals surface area contributed by atoms with Crippen molar-refractivity contribution >= 4 is 23.2 Å². The highest BCUT2D eigenvalue weighted by atomic mass is 35.5. The Balaban J connectivity index is 1.37. The smallest absolute Gasteiger partial charge is 0.255 e. The summed E-state index contributed by atoms with van der Waals surface area (Å²) in [6.45, 7) is 1.02. The van der Waals surface area contributed by atoms with Gasteiger partial charge in [-0.1, -0.05) is 48.0 Å². The number of halogens is 1. The molecule has 0 bridgehead atoms. The van der Waals surface area contributed by atoms with Crippen molar-refractivity contribution in [2.24, 2.45) is 0 Å². The third-order valence-electron chi connectivity index (χ3n) is 4.54. The largest absolute Gasteiger partial charge is 0.487 e.